The maximum absolute atomic E-state index is 13.1. The minimum atomic E-state index is -4.38. The number of hydrogen-bond acceptors (Lipinski definition) is 3. The molecule has 164 valence electrons. The van der Waals surface area contributed by atoms with E-state index in [1.165, 1.54) is 23.9 Å². The Labute approximate surface area is 188 Å². The number of hydrogen-bond donors (Lipinski definition) is 1. The highest BCUT2D eigenvalue weighted by atomic mass is 32.2. The van der Waals surface area contributed by atoms with Gasteiger partial charge in [0.1, 0.15) is 0 Å². The van der Waals surface area contributed by atoms with Crippen LogP contribution in [-0.4, -0.2) is 15.4 Å². The predicted octanol–water partition coefficient (Wildman–Crippen LogP) is 6.96. The zero-order chi connectivity index (χ0) is 22.5. The van der Waals surface area contributed by atoms with E-state index < -0.39 is 11.7 Å². The molecule has 3 aromatic rings. The Bertz CT molecular complexity index is 1150. The number of amides is 1. The lowest BCUT2D eigenvalue weighted by atomic mass is 9.87. The van der Waals surface area contributed by atoms with E-state index >= 15 is 0 Å². The molecule has 2 aliphatic rings. The van der Waals surface area contributed by atoms with Crippen molar-refractivity contribution in [2.45, 2.75) is 37.0 Å². The predicted molar refractivity (Wildman–Crippen MR) is 120 cm³/mol. The summed E-state index contributed by atoms with van der Waals surface area (Å²) in [5.41, 5.74) is 4.16. The molecule has 0 spiro atoms. The second kappa shape index (κ2) is 7.89. The van der Waals surface area contributed by atoms with Crippen LogP contribution in [0.25, 0.3) is 0 Å². The van der Waals surface area contributed by atoms with Crippen molar-refractivity contribution >= 4 is 22.7 Å². The summed E-state index contributed by atoms with van der Waals surface area (Å²) in [6.07, 6.45) is -4.38. The molecule has 0 aliphatic carbocycles. The van der Waals surface area contributed by atoms with Gasteiger partial charge in [-0.1, -0.05) is 71.9 Å². The summed E-state index contributed by atoms with van der Waals surface area (Å²) in [7, 11) is 0. The second-order valence-corrected chi connectivity index (χ2v) is 9.37. The number of nitrogens with one attached hydrogen (secondary N) is 1. The molecule has 1 N–H and O–H groups in total. The van der Waals surface area contributed by atoms with Crippen molar-refractivity contribution in [1.82, 2.24) is 4.90 Å². The van der Waals surface area contributed by atoms with Crippen LogP contribution in [0.1, 0.15) is 39.9 Å². The summed E-state index contributed by atoms with van der Waals surface area (Å²) < 4.78 is 39.2. The molecule has 3 nitrogen and oxygen atoms in total. The van der Waals surface area contributed by atoms with Crippen LogP contribution in [0.3, 0.4) is 0 Å². The van der Waals surface area contributed by atoms with E-state index in [4.69, 9.17) is 0 Å². The quantitative estimate of drug-likeness (QED) is 0.464. The van der Waals surface area contributed by atoms with E-state index in [0.29, 0.717) is 6.54 Å². The molecule has 1 fully saturated rings. The molecule has 2 heterocycles. The number of rotatable bonds is 3. The summed E-state index contributed by atoms with van der Waals surface area (Å²) in [6.45, 7) is 2.50. The van der Waals surface area contributed by atoms with Gasteiger partial charge in [-0.15, -0.1) is 0 Å². The van der Waals surface area contributed by atoms with Gasteiger partial charge in [-0.2, -0.15) is 13.2 Å². The topological polar surface area (TPSA) is 32.3 Å². The summed E-state index contributed by atoms with van der Waals surface area (Å²) in [4.78, 5) is 15.0. The Hall–Kier alpha value is -2.93. The first kappa shape index (κ1) is 20.9. The van der Waals surface area contributed by atoms with E-state index in [2.05, 4.69) is 11.4 Å². The van der Waals surface area contributed by atoms with Crippen LogP contribution in [0.2, 0.25) is 0 Å². The lowest BCUT2D eigenvalue weighted by Gasteiger charge is -2.39. The second-order valence-electron chi connectivity index (χ2n) is 8.24. The normalized spacial score (nSPS) is 22.3. The van der Waals surface area contributed by atoms with Crippen molar-refractivity contribution < 1.29 is 18.0 Å². The Balaban J connectivity index is 1.55. The standard InChI is InChI=1S/C25H21F3N2OS/c1-15-7-12-20-19(13-15)22-23(32-24(31)30(22)14-16-5-3-2-4-6-16)21(29-20)17-8-10-18(11-9-17)25(26,27)28/h2-13,21-23,29H,14H2,1H3/t21?,22-,23+/m1/s1. The fourth-order valence-corrected chi connectivity index (χ4v) is 5.87. The SMILES string of the molecule is Cc1ccc2c(c1)[C@@H]1[C@@H](SC(=O)N1Cc1ccccc1)C(c1ccc(C(F)(F)F)cc1)N2. The van der Waals surface area contributed by atoms with Gasteiger partial charge in [0.05, 0.1) is 22.9 Å². The molecule has 7 heteroatoms. The van der Waals surface area contributed by atoms with Crippen molar-refractivity contribution in [3.8, 4) is 0 Å². The molecule has 0 radical (unpaired) electrons. The van der Waals surface area contributed by atoms with Crippen molar-refractivity contribution in [3.63, 3.8) is 0 Å². The summed E-state index contributed by atoms with van der Waals surface area (Å²) in [6, 6.07) is 20.7. The van der Waals surface area contributed by atoms with Crippen molar-refractivity contribution in [2.75, 3.05) is 5.32 Å². The summed E-state index contributed by atoms with van der Waals surface area (Å²) in [5, 5.41) is 3.32. The zero-order valence-electron chi connectivity index (χ0n) is 17.3. The lowest BCUT2D eigenvalue weighted by molar-refractivity contribution is -0.137. The minimum Gasteiger partial charge on any atom is -0.377 e. The number of benzene rings is 3. The monoisotopic (exact) mass is 454 g/mol. The largest absolute Gasteiger partial charge is 0.416 e. The van der Waals surface area contributed by atoms with E-state index in [1.807, 2.05) is 54.3 Å². The lowest BCUT2D eigenvalue weighted by Crippen LogP contribution is -2.37. The zero-order valence-corrected chi connectivity index (χ0v) is 18.1. The number of aryl methyl sites for hydroxylation is 1. The van der Waals surface area contributed by atoms with E-state index in [-0.39, 0.29) is 22.6 Å². The number of halogens is 3. The number of fused-ring (bicyclic) bond motifs is 3. The molecule has 1 amide bonds. The maximum atomic E-state index is 13.1. The van der Waals surface area contributed by atoms with Crippen LogP contribution in [0.5, 0.6) is 0 Å². The number of anilines is 1. The number of nitrogens with zero attached hydrogens (tertiary/aromatic N) is 1. The molecule has 0 saturated carbocycles. The van der Waals surface area contributed by atoms with Gasteiger partial charge in [0.2, 0.25) is 0 Å². The Morgan fingerprint density at radius 2 is 1.72 bits per heavy atom. The number of alkyl halides is 3. The van der Waals surface area contributed by atoms with Crippen LogP contribution in [0, 0.1) is 6.92 Å². The highest BCUT2D eigenvalue weighted by Gasteiger charge is 2.49. The fraction of sp³-hybridized carbons (Fsp3) is 0.240. The molecule has 1 unspecified atom stereocenters. The van der Waals surface area contributed by atoms with Crippen molar-refractivity contribution in [1.29, 1.82) is 0 Å². The highest BCUT2D eigenvalue weighted by molar-refractivity contribution is 8.14. The Kier molecular flexibility index (Phi) is 5.16. The third-order valence-electron chi connectivity index (χ3n) is 6.08. The van der Waals surface area contributed by atoms with E-state index in [1.54, 1.807) is 0 Å². The fourth-order valence-electron chi connectivity index (χ4n) is 4.54. The van der Waals surface area contributed by atoms with Gasteiger partial charge in [-0.3, -0.25) is 4.79 Å². The first-order chi connectivity index (χ1) is 15.3. The van der Waals surface area contributed by atoms with Crippen LogP contribution < -0.4 is 5.32 Å². The minimum absolute atomic E-state index is 0.0167. The molecule has 3 atom stereocenters. The van der Waals surface area contributed by atoms with Crippen LogP contribution in [0.4, 0.5) is 23.7 Å². The van der Waals surface area contributed by atoms with Crippen molar-refractivity contribution in [2.24, 2.45) is 0 Å². The van der Waals surface area contributed by atoms with E-state index in [0.717, 1.165) is 40.1 Å². The third kappa shape index (κ3) is 3.75. The van der Waals surface area contributed by atoms with Gasteiger partial charge < -0.3 is 10.2 Å². The van der Waals surface area contributed by atoms with Gasteiger partial charge in [0, 0.05) is 12.2 Å². The summed E-state index contributed by atoms with van der Waals surface area (Å²) in [5.74, 6) is 0. The highest BCUT2D eigenvalue weighted by Crippen LogP contribution is 2.53. The van der Waals surface area contributed by atoms with Gasteiger partial charge in [0.15, 0.2) is 0 Å². The Morgan fingerprint density at radius 3 is 2.41 bits per heavy atom. The number of carbonyl (C=O) groups is 1. The smallest absolute Gasteiger partial charge is 0.377 e. The van der Waals surface area contributed by atoms with Crippen LogP contribution in [0.15, 0.2) is 72.8 Å². The number of carbonyl (C=O) groups excluding carboxylic acids is 1. The molecule has 5 rings (SSSR count). The van der Waals surface area contributed by atoms with E-state index in [9.17, 15) is 18.0 Å². The first-order valence-corrected chi connectivity index (χ1v) is 11.2. The van der Waals surface area contributed by atoms with Gasteiger partial charge in [0.25, 0.3) is 5.24 Å². The average Bonchev–Trinajstić information content (AvgIpc) is 3.10. The van der Waals surface area contributed by atoms with Gasteiger partial charge in [-0.25, -0.2) is 0 Å². The molecule has 0 aromatic heterocycles. The van der Waals surface area contributed by atoms with Gasteiger partial charge in [-0.05, 0) is 41.8 Å². The van der Waals surface area contributed by atoms with Crippen LogP contribution in [-0.2, 0) is 12.7 Å². The summed E-state index contributed by atoms with van der Waals surface area (Å²) >= 11 is 1.26. The molecule has 0 bridgehead atoms. The molecule has 1 saturated heterocycles. The maximum Gasteiger partial charge on any atom is 0.416 e. The van der Waals surface area contributed by atoms with Crippen molar-refractivity contribution in [3.05, 3.63) is 101 Å². The number of thioether (sulfide) groups is 1. The molecule has 32 heavy (non-hydrogen) atoms. The molecule has 2 aliphatic heterocycles. The molecular formula is C25H21F3N2OS. The van der Waals surface area contributed by atoms with Gasteiger partial charge >= 0.3 is 6.18 Å². The first-order valence-electron chi connectivity index (χ1n) is 10.4. The molecule has 3 aromatic carbocycles. The van der Waals surface area contributed by atoms with Crippen LogP contribution >= 0.6 is 11.8 Å². The Morgan fingerprint density at radius 1 is 1.00 bits per heavy atom. The molecular weight excluding hydrogens is 433 g/mol. The average molecular weight is 455 g/mol. The third-order valence-corrected chi connectivity index (χ3v) is 7.31.